The number of para-hydroxylation sites is 2. The van der Waals surface area contributed by atoms with Crippen molar-refractivity contribution in [3.8, 4) is 11.4 Å². The number of aromatic nitrogens is 3. The SMILES string of the molecule is Cc1cc(CN2C(=O)c3ccccc3C2=O)c(O)c(-n2n3c4ccccc4n23)c1. The summed E-state index contributed by atoms with van der Waals surface area (Å²) in [5, 5.41) is 11.0. The number of nitrogens with zero attached hydrogens (tertiary/aromatic N) is 4. The second kappa shape index (κ2) is 5.29. The van der Waals surface area contributed by atoms with E-state index in [9.17, 15) is 14.7 Å². The van der Waals surface area contributed by atoms with Crippen LogP contribution >= 0.6 is 0 Å². The maximum absolute atomic E-state index is 12.7. The fraction of sp³-hybridized carbons (Fsp3) is 0.0909. The lowest BCUT2D eigenvalue weighted by molar-refractivity contribution is 0.0641. The molecular formula is C22H16N4O3. The topological polar surface area (TPSA) is 71.4 Å². The number of imide groups is 1. The van der Waals surface area contributed by atoms with Crippen molar-refractivity contribution in [2.75, 3.05) is 0 Å². The molecule has 0 saturated heterocycles. The van der Waals surface area contributed by atoms with Crippen molar-refractivity contribution in [1.29, 1.82) is 0 Å². The Bertz CT molecular complexity index is 1370. The molecule has 7 nitrogen and oxygen atoms in total. The van der Waals surface area contributed by atoms with Crippen LogP contribution in [0.25, 0.3) is 16.7 Å². The first-order valence-corrected chi connectivity index (χ1v) is 9.33. The number of benzene rings is 3. The number of hydrogen-bond acceptors (Lipinski definition) is 3. The van der Waals surface area contributed by atoms with Crippen LogP contribution in [0, 0.1) is 6.92 Å². The Hall–Kier alpha value is -4.00. The Kier molecular flexibility index (Phi) is 2.92. The van der Waals surface area contributed by atoms with Gasteiger partial charge in [0, 0.05) is 5.56 Å². The van der Waals surface area contributed by atoms with Crippen LogP contribution in [-0.2, 0) is 6.54 Å². The van der Waals surface area contributed by atoms with E-state index in [2.05, 4.69) is 0 Å². The summed E-state index contributed by atoms with van der Waals surface area (Å²) in [6.45, 7) is 1.95. The summed E-state index contributed by atoms with van der Waals surface area (Å²) in [5.74, 6) is -0.605. The van der Waals surface area contributed by atoms with Crippen molar-refractivity contribution in [2.24, 2.45) is 0 Å². The molecule has 1 N–H and O–H groups in total. The smallest absolute Gasteiger partial charge is 0.261 e. The van der Waals surface area contributed by atoms with Gasteiger partial charge in [-0.2, -0.15) is 0 Å². The van der Waals surface area contributed by atoms with Gasteiger partial charge in [-0.15, -0.1) is 14.1 Å². The highest BCUT2D eigenvalue weighted by Crippen LogP contribution is 2.35. The van der Waals surface area contributed by atoms with Crippen molar-refractivity contribution < 1.29 is 14.7 Å². The van der Waals surface area contributed by atoms with Gasteiger partial charge in [0.15, 0.2) is 0 Å². The number of rotatable bonds is 3. The third kappa shape index (κ3) is 2.01. The van der Waals surface area contributed by atoms with Gasteiger partial charge in [0.25, 0.3) is 11.8 Å². The molecule has 0 bridgehead atoms. The Balaban J connectivity index is 1.41. The molecule has 3 heterocycles. The summed E-state index contributed by atoms with van der Waals surface area (Å²) in [7, 11) is 0. The third-order valence-electron chi connectivity index (χ3n) is 5.56. The second-order valence-corrected chi connectivity index (χ2v) is 7.39. The molecule has 0 unspecified atom stereocenters. The van der Waals surface area contributed by atoms with Crippen LogP contribution in [0.15, 0.2) is 60.7 Å². The summed E-state index contributed by atoms with van der Waals surface area (Å²) >= 11 is 0. The van der Waals surface area contributed by atoms with Gasteiger partial charge in [-0.05, 0) is 42.8 Å². The number of hydrogen-bond donors (Lipinski definition) is 1. The van der Waals surface area contributed by atoms with E-state index in [4.69, 9.17) is 0 Å². The monoisotopic (exact) mass is 384 g/mol. The summed E-state index contributed by atoms with van der Waals surface area (Å²) < 4.78 is 3.91. The van der Waals surface area contributed by atoms with Gasteiger partial charge in [-0.1, -0.05) is 30.3 Å². The number of carbonyl (C=O) groups is 2. The van der Waals surface area contributed by atoms with Crippen molar-refractivity contribution >= 4 is 22.8 Å². The molecule has 2 amide bonds. The van der Waals surface area contributed by atoms with Crippen LogP contribution in [0.4, 0.5) is 0 Å². The zero-order valence-electron chi connectivity index (χ0n) is 15.5. The van der Waals surface area contributed by atoms with Crippen molar-refractivity contribution in [2.45, 2.75) is 13.5 Å². The molecule has 0 spiro atoms. The van der Waals surface area contributed by atoms with E-state index >= 15 is 0 Å². The maximum Gasteiger partial charge on any atom is 0.261 e. The standard InChI is InChI=1S/C22H16N4O3/c1-13-10-14(12-23-21(28)15-6-2-3-7-16(15)22(23)29)20(27)19(11-13)26-24-17-8-4-5-9-18(17)25(24)26/h2-11,27H,12H2,1H3. The van der Waals surface area contributed by atoms with Gasteiger partial charge in [-0.25, -0.2) is 0 Å². The van der Waals surface area contributed by atoms with E-state index in [-0.39, 0.29) is 24.1 Å². The second-order valence-electron chi connectivity index (χ2n) is 7.39. The molecule has 5 aromatic rings. The molecular weight excluding hydrogens is 368 g/mol. The molecule has 29 heavy (non-hydrogen) atoms. The molecule has 1 aliphatic heterocycles. The third-order valence-corrected chi connectivity index (χ3v) is 5.56. The van der Waals surface area contributed by atoms with Crippen molar-refractivity contribution in [1.82, 2.24) is 19.0 Å². The first-order chi connectivity index (χ1) is 14.1. The summed E-state index contributed by atoms with van der Waals surface area (Å²) in [4.78, 5) is 28.5. The van der Waals surface area contributed by atoms with E-state index < -0.39 is 0 Å². The number of phenols is 1. The first-order valence-electron chi connectivity index (χ1n) is 9.33. The van der Waals surface area contributed by atoms with Crippen LogP contribution in [0.1, 0.15) is 31.8 Å². The normalized spacial score (nSPS) is 14.0. The quantitative estimate of drug-likeness (QED) is 0.486. The lowest BCUT2D eigenvalue weighted by Crippen LogP contribution is -2.29. The molecule has 142 valence electrons. The van der Waals surface area contributed by atoms with Crippen LogP contribution < -0.4 is 0 Å². The Morgan fingerprint density at radius 2 is 1.38 bits per heavy atom. The largest absolute Gasteiger partial charge is 0.505 e. The molecule has 6 rings (SSSR count). The molecule has 0 saturated carbocycles. The van der Waals surface area contributed by atoms with Gasteiger partial charge in [-0.3, -0.25) is 14.5 Å². The van der Waals surface area contributed by atoms with E-state index in [0.29, 0.717) is 22.4 Å². The molecule has 0 atom stereocenters. The van der Waals surface area contributed by atoms with Crippen molar-refractivity contribution in [3.63, 3.8) is 0 Å². The van der Waals surface area contributed by atoms with Crippen LogP contribution in [0.2, 0.25) is 0 Å². The van der Waals surface area contributed by atoms with Crippen LogP contribution in [-0.4, -0.2) is 35.9 Å². The Morgan fingerprint density at radius 1 is 0.828 bits per heavy atom. The highest BCUT2D eigenvalue weighted by atomic mass is 16.3. The van der Waals surface area contributed by atoms with Crippen LogP contribution in [0.5, 0.6) is 5.75 Å². The average Bonchev–Trinajstić information content (AvgIpc) is 3.33. The van der Waals surface area contributed by atoms with Gasteiger partial charge >= 0.3 is 0 Å². The van der Waals surface area contributed by atoms with Gasteiger partial charge in [0.1, 0.15) is 22.5 Å². The van der Waals surface area contributed by atoms with Crippen LogP contribution in [0.3, 0.4) is 0 Å². The molecule has 7 heteroatoms. The lowest BCUT2D eigenvalue weighted by Gasteiger charge is -2.16. The van der Waals surface area contributed by atoms with E-state index in [1.54, 1.807) is 24.3 Å². The van der Waals surface area contributed by atoms with Gasteiger partial charge in [0.2, 0.25) is 0 Å². The molecule has 1 aliphatic rings. The van der Waals surface area contributed by atoms with Gasteiger partial charge < -0.3 is 5.11 Å². The molecule has 3 aromatic carbocycles. The van der Waals surface area contributed by atoms with Crippen molar-refractivity contribution in [3.05, 3.63) is 82.9 Å². The minimum atomic E-state index is -0.334. The zero-order chi connectivity index (χ0) is 19.9. The summed E-state index contributed by atoms with van der Waals surface area (Å²) in [6.07, 6.45) is 0. The van der Waals surface area contributed by atoms with E-state index in [0.717, 1.165) is 16.6 Å². The summed E-state index contributed by atoms with van der Waals surface area (Å²) in [5.41, 5.74) is 5.02. The number of phenolic OH excluding ortho intramolecular Hbond substituents is 1. The average molecular weight is 384 g/mol. The predicted molar refractivity (Wildman–Crippen MR) is 106 cm³/mol. The fourth-order valence-corrected chi connectivity index (χ4v) is 4.16. The summed E-state index contributed by atoms with van der Waals surface area (Å²) in [6, 6.07) is 18.5. The lowest BCUT2D eigenvalue weighted by atomic mass is 10.1. The van der Waals surface area contributed by atoms with E-state index in [1.165, 1.54) is 4.90 Å². The molecule has 2 aromatic heterocycles. The molecule has 0 radical (unpaired) electrons. The number of aryl methyl sites for hydroxylation is 1. The van der Waals surface area contributed by atoms with Gasteiger partial charge in [0.05, 0.1) is 17.7 Å². The van der Waals surface area contributed by atoms with E-state index in [1.807, 2.05) is 57.4 Å². The molecule has 0 aliphatic carbocycles. The predicted octanol–water partition coefficient (Wildman–Crippen LogP) is 3.23. The highest BCUT2D eigenvalue weighted by molar-refractivity contribution is 6.21. The minimum absolute atomic E-state index is 0.0215. The fourth-order valence-electron chi connectivity index (χ4n) is 4.16. The minimum Gasteiger partial charge on any atom is -0.505 e. The first kappa shape index (κ1) is 16.0. The number of amides is 2. The number of fused-ring (bicyclic) bond motifs is 5. The number of carbonyl (C=O) groups excluding carboxylic acids is 2. The number of aromatic hydroxyl groups is 1. The highest BCUT2D eigenvalue weighted by Gasteiger charge is 2.36. The zero-order valence-corrected chi connectivity index (χ0v) is 15.5. The molecule has 0 fully saturated rings. The maximum atomic E-state index is 12.7. The Labute approximate surface area is 164 Å². The Morgan fingerprint density at radius 3 is 1.97 bits per heavy atom.